The van der Waals surface area contributed by atoms with E-state index in [4.69, 9.17) is 0 Å². The molecule has 12 heavy (non-hydrogen) atoms. The lowest BCUT2D eigenvalue weighted by Gasteiger charge is -1.95. The Balaban J connectivity index is 3.28. The molecule has 66 valence electrons. The molecule has 1 aromatic heterocycles. The Kier molecular flexibility index (Phi) is 2.12. The van der Waals surface area contributed by atoms with Crippen LogP contribution < -0.4 is 0 Å². The van der Waals surface area contributed by atoms with Gasteiger partial charge in [-0.25, -0.2) is 0 Å². The topological polar surface area (TPSA) is 61.0 Å². The first-order valence-corrected chi connectivity index (χ1v) is 3.76. The molecule has 0 saturated carbocycles. The molecule has 0 amide bonds. The number of nitrogens with zero attached hydrogens (tertiary/aromatic N) is 3. The highest BCUT2D eigenvalue weighted by atomic mass is 16.6. The fourth-order valence-corrected chi connectivity index (χ4v) is 1.26. The lowest BCUT2D eigenvalue weighted by atomic mass is 10.3. The van der Waals surface area contributed by atoms with Gasteiger partial charge in [0.25, 0.3) is 0 Å². The van der Waals surface area contributed by atoms with Crippen LogP contribution in [0.5, 0.6) is 0 Å². The van der Waals surface area contributed by atoms with Crippen LogP contribution >= 0.6 is 0 Å². The van der Waals surface area contributed by atoms with E-state index in [0.717, 1.165) is 0 Å². The summed E-state index contributed by atoms with van der Waals surface area (Å²) in [4.78, 5) is 10.1. The van der Waals surface area contributed by atoms with Crippen LogP contribution in [0.3, 0.4) is 0 Å². The highest BCUT2D eigenvalue weighted by molar-refractivity contribution is 5.39. The molecule has 5 nitrogen and oxygen atoms in total. The summed E-state index contributed by atoms with van der Waals surface area (Å²) in [5.74, 6) is 0. The zero-order valence-electron chi connectivity index (χ0n) is 7.37. The van der Waals surface area contributed by atoms with Gasteiger partial charge >= 0.3 is 5.69 Å². The smallest absolute Gasteiger partial charge is 0.263 e. The SMILES string of the molecule is CCn1nc(C)c([N+](=O)[O-])c1C. The number of nitro groups is 1. The summed E-state index contributed by atoms with van der Waals surface area (Å²) in [7, 11) is 0. The number of aryl methyl sites for hydroxylation is 2. The minimum atomic E-state index is -0.385. The van der Waals surface area contributed by atoms with Crippen molar-refractivity contribution >= 4 is 5.69 Å². The first-order valence-electron chi connectivity index (χ1n) is 3.76. The van der Waals surface area contributed by atoms with E-state index >= 15 is 0 Å². The van der Waals surface area contributed by atoms with Crippen LogP contribution in [-0.2, 0) is 6.54 Å². The summed E-state index contributed by atoms with van der Waals surface area (Å²) in [6, 6.07) is 0. The molecule has 0 fully saturated rings. The van der Waals surface area contributed by atoms with Gasteiger partial charge in [-0.1, -0.05) is 0 Å². The van der Waals surface area contributed by atoms with E-state index in [0.29, 0.717) is 17.9 Å². The molecular weight excluding hydrogens is 158 g/mol. The van der Waals surface area contributed by atoms with E-state index in [1.54, 1.807) is 18.5 Å². The molecule has 0 N–H and O–H groups in total. The Morgan fingerprint density at radius 1 is 1.58 bits per heavy atom. The Morgan fingerprint density at radius 2 is 2.17 bits per heavy atom. The Labute approximate surface area is 70.2 Å². The Bertz CT molecular complexity index is 317. The third-order valence-corrected chi connectivity index (χ3v) is 1.83. The first-order chi connectivity index (χ1) is 5.57. The maximum atomic E-state index is 10.5. The molecule has 0 unspecified atom stereocenters. The number of hydrogen-bond acceptors (Lipinski definition) is 3. The van der Waals surface area contributed by atoms with E-state index in [1.165, 1.54) is 0 Å². The van der Waals surface area contributed by atoms with Crippen LogP contribution in [0.25, 0.3) is 0 Å². The van der Waals surface area contributed by atoms with Gasteiger partial charge in [0.15, 0.2) is 0 Å². The van der Waals surface area contributed by atoms with Crippen LogP contribution in [0.15, 0.2) is 0 Å². The molecule has 0 atom stereocenters. The standard InChI is InChI=1S/C7H11N3O2/c1-4-9-6(3)7(10(11)12)5(2)8-9/h4H2,1-3H3. The normalized spacial score (nSPS) is 10.2. The highest BCUT2D eigenvalue weighted by Gasteiger charge is 2.20. The number of hydrogen-bond donors (Lipinski definition) is 0. The van der Waals surface area contributed by atoms with Crippen molar-refractivity contribution in [1.82, 2.24) is 9.78 Å². The van der Waals surface area contributed by atoms with E-state index in [9.17, 15) is 10.1 Å². The van der Waals surface area contributed by atoms with E-state index in [2.05, 4.69) is 5.10 Å². The van der Waals surface area contributed by atoms with Crippen molar-refractivity contribution in [3.8, 4) is 0 Å². The molecule has 0 aliphatic heterocycles. The molecule has 0 saturated heterocycles. The van der Waals surface area contributed by atoms with E-state index < -0.39 is 0 Å². The fourth-order valence-electron chi connectivity index (χ4n) is 1.26. The van der Waals surface area contributed by atoms with Gasteiger partial charge in [-0.2, -0.15) is 5.10 Å². The van der Waals surface area contributed by atoms with Gasteiger partial charge in [0.2, 0.25) is 0 Å². The molecule has 1 aromatic rings. The van der Waals surface area contributed by atoms with Crippen LogP contribution in [0.1, 0.15) is 18.3 Å². The van der Waals surface area contributed by atoms with Gasteiger partial charge in [0, 0.05) is 6.54 Å². The minimum Gasteiger partial charge on any atom is -0.263 e. The largest absolute Gasteiger partial charge is 0.312 e. The predicted octanol–water partition coefficient (Wildman–Crippen LogP) is 1.43. The molecule has 0 aliphatic carbocycles. The van der Waals surface area contributed by atoms with Crippen molar-refractivity contribution in [2.75, 3.05) is 0 Å². The molecule has 1 heterocycles. The molecule has 0 aromatic carbocycles. The third-order valence-electron chi connectivity index (χ3n) is 1.83. The lowest BCUT2D eigenvalue weighted by Crippen LogP contribution is -1.99. The maximum absolute atomic E-state index is 10.5. The van der Waals surface area contributed by atoms with Crippen LogP contribution in [0.2, 0.25) is 0 Å². The zero-order chi connectivity index (χ0) is 9.30. The average Bonchev–Trinajstić information content (AvgIpc) is 2.25. The molecule has 0 spiro atoms. The molecule has 0 bridgehead atoms. The fraction of sp³-hybridized carbons (Fsp3) is 0.571. The van der Waals surface area contributed by atoms with Crippen molar-refractivity contribution in [1.29, 1.82) is 0 Å². The van der Waals surface area contributed by atoms with Gasteiger partial charge in [0.05, 0.1) is 4.92 Å². The summed E-state index contributed by atoms with van der Waals surface area (Å²) in [6.45, 7) is 5.93. The van der Waals surface area contributed by atoms with Gasteiger partial charge < -0.3 is 0 Å². The molecule has 0 aliphatic rings. The molecule has 1 rings (SSSR count). The molecular formula is C7H11N3O2. The summed E-state index contributed by atoms with van der Waals surface area (Å²) < 4.78 is 1.63. The Morgan fingerprint density at radius 3 is 2.42 bits per heavy atom. The van der Waals surface area contributed by atoms with Gasteiger partial charge in [-0.05, 0) is 20.8 Å². The summed E-state index contributed by atoms with van der Waals surface area (Å²) in [5, 5.41) is 14.5. The maximum Gasteiger partial charge on any atom is 0.312 e. The molecule has 0 radical (unpaired) electrons. The second kappa shape index (κ2) is 2.92. The van der Waals surface area contributed by atoms with Crippen molar-refractivity contribution in [2.45, 2.75) is 27.3 Å². The monoisotopic (exact) mass is 169 g/mol. The van der Waals surface area contributed by atoms with E-state index in [-0.39, 0.29) is 10.6 Å². The average molecular weight is 169 g/mol. The van der Waals surface area contributed by atoms with Gasteiger partial charge in [0.1, 0.15) is 11.4 Å². The van der Waals surface area contributed by atoms with Gasteiger partial charge in [-0.3, -0.25) is 14.8 Å². The third kappa shape index (κ3) is 1.17. The molecule has 5 heteroatoms. The quantitative estimate of drug-likeness (QED) is 0.497. The van der Waals surface area contributed by atoms with Crippen LogP contribution in [0, 0.1) is 24.0 Å². The van der Waals surface area contributed by atoms with Crippen molar-refractivity contribution < 1.29 is 4.92 Å². The number of rotatable bonds is 2. The minimum absolute atomic E-state index is 0.136. The Hall–Kier alpha value is -1.39. The summed E-state index contributed by atoms with van der Waals surface area (Å²) in [6.07, 6.45) is 0. The van der Waals surface area contributed by atoms with Gasteiger partial charge in [-0.15, -0.1) is 0 Å². The lowest BCUT2D eigenvalue weighted by molar-refractivity contribution is -0.386. The van der Waals surface area contributed by atoms with Crippen molar-refractivity contribution in [3.63, 3.8) is 0 Å². The van der Waals surface area contributed by atoms with Crippen molar-refractivity contribution in [2.24, 2.45) is 0 Å². The van der Waals surface area contributed by atoms with E-state index in [1.807, 2.05) is 6.92 Å². The zero-order valence-corrected chi connectivity index (χ0v) is 7.37. The second-order valence-electron chi connectivity index (χ2n) is 2.59. The van der Waals surface area contributed by atoms with Crippen LogP contribution in [0.4, 0.5) is 5.69 Å². The van der Waals surface area contributed by atoms with Crippen LogP contribution in [-0.4, -0.2) is 14.7 Å². The number of aromatic nitrogens is 2. The predicted molar refractivity (Wildman–Crippen MR) is 44.0 cm³/mol. The summed E-state index contributed by atoms with van der Waals surface area (Å²) >= 11 is 0. The highest BCUT2D eigenvalue weighted by Crippen LogP contribution is 2.21. The van der Waals surface area contributed by atoms with Crippen molar-refractivity contribution in [3.05, 3.63) is 21.5 Å². The summed E-state index contributed by atoms with van der Waals surface area (Å²) in [5.41, 5.74) is 1.25. The first kappa shape index (κ1) is 8.70. The second-order valence-corrected chi connectivity index (χ2v) is 2.59.